The van der Waals surface area contributed by atoms with Crippen LogP contribution < -0.4 is 4.90 Å². The van der Waals surface area contributed by atoms with Crippen LogP contribution in [0.1, 0.15) is 19.8 Å². The zero-order valence-electron chi connectivity index (χ0n) is 18.4. The highest BCUT2D eigenvalue weighted by atomic mass is 32.1. The first kappa shape index (κ1) is 21.2. The molecule has 1 aromatic carbocycles. The van der Waals surface area contributed by atoms with Crippen LogP contribution in [0.4, 0.5) is 5.69 Å². The van der Waals surface area contributed by atoms with Crippen molar-refractivity contribution < 1.29 is 9.53 Å². The molecule has 2 aromatic rings. The Labute approximate surface area is 193 Å². The van der Waals surface area contributed by atoms with Crippen molar-refractivity contribution in [2.75, 3.05) is 37.7 Å². The first-order chi connectivity index (χ1) is 15.7. The number of rotatable bonds is 7. The zero-order chi connectivity index (χ0) is 21.9. The van der Waals surface area contributed by atoms with Crippen molar-refractivity contribution >= 4 is 38.7 Å². The number of ether oxygens (including phenoxy) is 1. The van der Waals surface area contributed by atoms with Crippen molar-refractivity contribution in [1.29, 1.82) is 0 Å². The monoisotopic (exact) mass is 447 g/mol. The fraction of sp³-hybridized carbons (Fsp3) is 0.385. The van der Waals surface area contributed by atoms with Crippen molar-refractivity contribution in [3.05, 3.63) is 65.8 Å². The fourth-order valence-corrected chi connectivity index (χ4v) is 5.52. The number of piperazine rings is 1. The number of fused-ring (bicyclic) bond motifs is 2. The summed E-state index contributed by atoms with van der Waals surface area (Å²) >= 11 is 1.82. The molecule has 2 atom stereocenters. The van der Waals surface area contributed by atoms with Crippen molar-refractivity contribution in [1.82, 2.24) is 4.90 Å². The molecule has 32 heavy (non-hydrogen) atoms. The van der Waals surface area contributed by atoms with Gasteiger partial charge in [0.05, 0.1) is 12.3 Å². The second-order valence-electron chi connectivity index (χ2n) is 8.66. The van der Waals surface area contributed by atoms with Crippen molar-refractivity contribution in [3.63, 3.8) is 0 Å². The van der Waals surface area contributed by atoms with Crippen molar-refractivity contribution in [2.24, 2.45) is 10.9 Å². The van der Waals surface area contributed by atoms with Gasteiger partial charge in [0.1, 0.15) is 5.76 Å². The van der Waals surface area contributed by atoms with E-state index >= 15 is 0 Å². The van der Waals surface area contributed by atoms with Crippen LogP contribution in [0.15, 0.2) is 70.8 Å². The van der Waals surface area contributed by atoms with Crippen LogP contribution in [0, 0.1) is 5.92 Å². The lowest BCUT2D eigenvalue weighted by Crippen LogP contribution is -2.52. The Morgan fingerprint density at radius 2 is 2.09 bits per heavy atom. The number of carbonyl (C=O) groups is 1. The van der Waals surface area contributed by atoms with E-state index in [1.807, 2.05) is 35.6 Å². The van der Waals surface area contributed by atoms with Gasteiger partial charge in [0.25, 0.3) is 5.91 Å². The van der Waals surface area contributed by atoms with Crippen LogP contribution in [0.3, 0.4) is 0 Å². The molecule has 5 nitrogen and oxygen atoms in total. The molecule has 3 heterocycles. The Kier molecular flexibility index (Phi) is 6.23. The van der Waals surface area contributed by atoms with E-state index in [0.717, 1.165) is 50.5 Å². The Hall–Kier alpha value is -2.70. The molecule has 2 unspecified atom stereocenters. The molecular weight excluding hydrogens is 418 g/mol. The summed E-state index contributed by atoms with van der Waals surface area (Å²) < 4.78 is 7.33. The number of thiophene rings is 1. The largest absolute Gasteiger partial charge is 0.494 e. The highest BCUT2D eigenvalue weighted by Gasteiger charge is 2.24. The third kappa shape index (κ3) is 4.57. The maximum Gasteiger partial charge on any atom is 0.269 e. The van der Waals surface area contributed by atoms with E-state index in [1.54, 1.807) is 0 Å². The number of dihydropyridines is 1. The topological polar surface area (TPSA) is 45.1 Å². The predicted octanol–water partition coefficient (Wildman–Crippen LogP) is 4.82. The van der Waals surface area contributed by atoms with Gasteiger partial charge < -0.3 is 9.64 Å². The molecule has 166 valence electrons. The third-order valence-corrected chi connectivity index (χ3v) is 7.36. The van der Waals surface area contributed by atoms with Crippen molar-refractivity contribution in [3.8, 4) is 0 Å². The maximum atomic E-state index is 11.4. The average molecular weight is 448 g/mol. The van der Waals surface area contributed by atoms with Gasteiger partial charge in [0.15, 0.2) is 0 Å². The molecule has 1 aromatic heterocycles. The standard InChI is InChI=1S/C26H29N3O2S/c1-19-18-29(24-5-4-6-25-22(24)11-16-32-25)14-13-28(19)12-2-3-15-31-21-8-9-23-20(17-21)7-10-26(30)27-23/h4-11,16-17,19-20H,2-3,12-15,18H2,1H3. The number of anilines is 1. The maximum absolute atomic E-state index is 11.4. The van der Waals surface area contributed by atoms with Crippen LogP contribution >= 0.6 is 11.3 Å². The highest BCUT2D eigenvalue weighted by molar-refractivity contribution is 7.17. The lowest BCUT2D eigenvalue weighted by atomic mass is 9.95. The molecule has 0 saturated carbocycles. The van der Waals surface area contributed by atoms with Gasteiger partial charge in [-0.2, -0.15) is 0 Å². The zero-order valence-corrected chi connectivity index (χ0v) is 19.3. The highest BCUT2D eigenvalue weighted by Crippen LogP contribution is 2.31. The Balaban J connectivity index is 1.05. The number of unbranched alkanes of at least 4 members (excludes halogenated alkanes) is 1. The Morgan fingerprint density at radius 1 is 1.16 bits per heavy atom. The molecule has 0 radical (unpaired) electrons. The number of carbonyl (C=O) groups excluding carboxylic acids is 1. The molecule has 5 rings (SSSR count). The number of allylic oxidation sites excluding steroid dienone is 4. The fourth-order valence-electron chi connectivity index (χ4n) is 4.72. The molecule has 3 aliphatic rings. The molecule has 1 aliphatic carbocycles. The summed E-state index contributed by atoms with van der Waals surface area (Å²) in [5, 5.41) is 3.57. The molecule has 1 fully saturated rings. The third-order valence-electron chi connectivity index (χ3n) is 6.48. The van der Waals surface area contributed by atoms with Gasteiger partial charge in [-0.15, -0.1) is 11.3 Å². The Morgan fingerprint density at radius 3 is 3.00 bits per heavy atom. The van der Waals surface area contributed by atoms with E-state index in [-0.39, 0.29) is 11.8 Å². The van der Waals surface area contributed by atoms with E-state index in [9.17, 15) is 4.79 Å². The molecule has 2 aliphatic heterocycles. The molecule has 1 saturated heterocycles. The number of hydrogen-bond acceptors (Lipinski definition) is 5. The molecule has 1 amide bonds. The summed E-state index contributed by atoms with van der Waals surface area (Å²) in [4.78, 5) is 20.6. The summed E-state index contributed by atoms with van der Waals surface area (Å²) in [5.41, 5.74) is 2.18. The summed E-state index contributed by atoms with van der Waals surface area (Å²) in [7, 11) is 0. The summed E-state index contributed by atoms with van der Waals surface area (Å²) in [5.74, 6) is 0.750. The summed E-state index contributed by atoms with van der Waals surface area (Å²) in [6, 6.07) is 9.45. The smallest absolute Gasteiger partial charge is 0.269 e. The van der Waals surface area contributed by atoms with E-state index in [1.165, 1.54) is 21.8 Å². The Bertz CT molecular complexity index is 1110. The predicted molar refractivity (Wildman–Crippen MR) is 133 cm³/mol. The SMILES string of the molecule is CC1CN(c2cccc3sccc23)CCN1CCCCOC1=CC2C=CC(=O)N=C2C=C1. The first-order valence-electron chi connectivity index (χ1n) is 11.5. The normalized spacial score (nSPS) is 23.3. The average Bonchev–Trinajstić information content (AvgIpc) is 3.29. The lowest BCUT2D eigenvalue weighted by molar-refractivity contribution is -0.113. The summed E-state index contributed by atoms with van der Waals surface area (Å²) in [6.45, 7) is 7.42. The number of hydrogen-bond donors (Lipinski definition) is 0. The second kappa shape index (κ2) is 9.43. The number of amides is 1. The van der Waals surface area contributed by atoms with Gasteiger partial charge in [0, 0.05) is 53.4 Å². The number of aliphatic imine (C=N–C) groups is 1. The minimum atomic E-state index is -0.183. The quantitative estimate of drug-likeness (QED) is 0.571. The van der Waals surface area contributed by atoms with Gasteiger partial charge in [-0.3, -0.25) is 9.69 Å². The lowest BCUT2D eigenvalue weighted by Gasteiger charge is -2.41. The second-order valence-corrected chi connectivity index (χ2v) is 9.61. The number of nitrogens with zero attached hydrogens (tertiary/aromatic N) is 3. The minimum absolute atomic E-state index is 0.0600. The van der Waals surface area contributed by atoms with Crippen LogP contribution in [0.5, 0.6) is 0 Å². The molecule has 0 bridgehead atoms. The van der Waals surface area contributed by atoms with Crippen LogP contribution in [-0.4, -0.2) is 55.3 Å². The van der Waals surface area contributed by atoms with Gasteiger partial charge in [-0.25, -0.2) is 4.99 Å². The van der Waals surface area contributed by atoms with Crippen molar-refractivity contribution in [2.45, 2.75) is 25.8 Å². The van der Waals surface area contributed by atoms with Gasteiger partial charge in [-0.05, 0) is 68.1 Å². The first-order valence-corrected chi connectivity index (χ1v) is 12.3. The number of benzene rings is 1. The van der Waals surface area contributed by atoms with E-state index < -0.39 is 0 Å². The molecular formula is C26H29N3O2S. The van der Waals surface area contributed by atoms with Gasteiger partial charge >= 0.3 is 0 Å². The van der Waals surface area contributed by atoms with E-state index in [0.29, 0.717) is 12.6 Å². The van der Waals surface area contributed by atoms with Gasteiger partial charge in [-0.1, -0.05) is 12.1 Å². The summed E-state index contributed by atoms with van der Waals surface area (Å²) in [6.07, 6.45) is 11.4. The minimum Gasteiger partial charge on any atom is -0.494 e. The molecule has 0 N–H and O–H groups in total. The van der Waals surface area contributed by atoms with E-state index in [2.05, 4.69) is 51.4 Å². The van der Waals surface area contributed by atoms with Crippen LogP contribution in [-0.2, 0) is 9.53 Å². The van der Waals surface area contributed by atoms with Crippen LogP contribution in [0.2, 0.25) is 0 Å². The van der Waals surface area contributed by atoms with Gasteiger partial charge in [0.2, 0.25) is 0 Å². The molecule has 0 spiro atoms. The molecule has 6 heteroatoms. The van der Waals surface area contributed by atoms with E-state index in [4.69, 9.17) is 4.74 Å². The van der Waals surface area contributed by atoms with Crippen LogP contribution in [0.25, 0.3) is 10.1 Å².